The van der Waals surface area contributed by atoms with Gasteiger partial charge in [0.15, 0.2) is 17.6 Å². The van der Waals surface area contributed by atoms with E-state index in [-0.39, 0.29) is 11.5 Å². The lowest BCUT2D eigenvalue weighted by molar-refractivity contribution is -0.162. The van der Waals surface area contributed by atoms with E-state index in [0.717, 1.165) is 0 Å². The van der Waals surface area contributed by atoms with Crippen molar-refractivity contribution < 1.29 is 32.2 Å². The van der Waals surface area contributed by atoms with Crippen LogP contribution >= 0.6 is 0 Å². The van der Waals surface area contributed by atoms with E-state index in [1.807, 2.05) is 0 Å². The highest BCUT2D eigenvalue weighted by atomic mass is 32.2. The molecule has 2 atom stereocenters. The number of amides is 1. The molecule has 0 saturated carbocycles. The van der Waals surface area contributed by atoms with Gasteiger partial charge in [0.05, 0.1) is 4.90 Å². The molecule has 28 heavy (non-hydrogen) atoms. The number of nitrogens with two attached hydrogens (primary N) is 1. The molecule has 0 bridgehead atoms. The molecule has 1 amide bonds. The Labute approximate surface area is 161 Å². The number of sulfonamides is 1. The maximum Gasteiger partial charge on any atom is 0.351 e. The van der Waals surface area contributed by atoms with Gasteiger partial charge in [0.25, 0.3) is 5.91 Å². The van der Waals surface area contributed by atoms with Gasteiger partial charge in [-0.3, -0.25) is 4.79 Å². The number of primary sulfonamides is 1. The van der Waals surface area contributed by atoms with Crippen LogP contribution in [-0.2, 0) is 24.3 Å². The third-order valence-corrected chi connectivity index (χ3v) is 4.81. The predicted octanol–water partition coefficient (Wildman–Crippen LogP) is 1.04. The van der Waals surface area contributed by atoms with Gasteiger partial charge in [0.2, 0.25) is 16.1 Å². The second-order valence-corrected chi connectivity index (χ2v) is 7.56. The summed E-state index contributed by atoms with van der Waals surface area (Å²) in [4.78, 5) is 24.4. The molecule has 0 radical (unpaired) electrons. The molecule has 2 aromatic carbocycles. The molecular weight excluding hydrogens is 388 g/mol. The molecule has 0 fully saturated rings. The molecule has 0 unspecified atom stereocenters. The van der Waals surface area contributed by atoms with E-state index in [4.69, 9.17) is 19.3 Å². The summed E-state index contributed by atoms with van der Waals surface area (Å²) in [6, 6.07) is 12.2. The number of carbonyl (C=O) groups excluding carboxylic acids is 2. The second kappa shape index (κ2) is 7.87. The molecule has 1 aliphatic rings. The highest BCUT2D eigenvalue weighted by Gasteiger charge is 2.31. The van der Waals surface area contributed by atoms with Crippen molar-refractivity contribution in [3.05, 3.63) is 48.5 Å². The van der Waals surface area contributed by atoms with Gasteiger partial charge in [-0.1, -0.05) is 12.1 Å². The summed E-state index contributed by atoms with van der Waals surface area (Å²) in [5.41, 5.74) is 0.325. The molecule has 3 rings (SSSR count). The lowest BCUT2D eigenvalue weighted by atomic mass is 10.2. The van der Waals surface area contributed by atoms with E-state index in [0.29, 0.717) is 17.2 Å². The number of hydrogen-bond acceptors (Lipinski definition) is 7. The Morgan fingerprint density at radius 3 is 2.43 bits per heavy atom. The number of para-hydroxylation sites is 2. The van der Waals surface area contributed by atoms with E-state index in [9.17, 15) is 18.0 Å². The fourth-order valence-electron chi connectivity index (χ4n) is 2.41. The van der Waals surface area contributed by atoms with Gasteiger partial charge < -0.3 is 19.5 Å². The zero-order chi connectivity index (χ0) is 20.3. The van der Waals surface area contributed by atoms with Crippen LogP contribution in [0.2, 0.25) is 0 Å². The van der Waals surface area contributed by atoms with Crippen molar-refractivity contribution in [2.24, 2.45) is 5.14 Å². The Morgan fingerprint density at radius 1 is 1.14 bits per heavy atom. The van der Waals surface area contributed by atoms with Crippen molar-refractivity contribution >= 4 is 27.6 Å². The van der Waals surface area contributed by atoms with Crippen LogP contribution in [0.5, 0.6) is 11.5 Å². The Kier molecular flexibility index (Phi) is 5.52. The number of rotatable bonds is 5. The van der Waals surface area contributed by atoms with Crippen LogP contribution in [0.15, 0.2) is 53.4 Å². The first-order valence-corrected chi connectivity index (χ1v) is 9.81. The molecule has 0 spiro atoms. The molecule has 0 aromatic heterocycles. The lowest BCUT2D eigenvalue weighted by Gasteiger charge is -2.25. The van der Waals surface area contributed by atoms with Crippen molar-refractivity contribution in [2.75, 3.05) is 11.9 Å². The zero-order valence-electron chi connectivity index (χ0n) is 14.8. The Balaban J connectivity index is 1.56. The van der Waals surface area contributed by atoms with Crippen LogP contribution in [0, 0.1) is 0 Å². The first kappa shape index (κ1) is 19.6. The summed E-state index contributed by atoms with van der Waals surface area (Å²) in [7, 11) is -3.82. The molecule has 9 nitrogen and oxygen atoms in total. The average Bonchev–Trinajstić information content (AvgIpc) is 2.67. The van der Waals surface area contributed by atoms with Gasteiger partial charge in [-0.05, 0) is 43.3 Å². The number of fused-ring (bicyclic) bond motifs is 1. The highest BCUT2D eigenvalue weighted by molar-refractivity contribution is 7.89. The summed E-state index contributed by atoms with van der Waals surface area (Å²) in [5, 5.41) is 7.54. The minimum absolute atomic E-state index is 0.0286. The van der Waals surface area contributed by atoms with Gasteiger partial charge in [0.1, 0.15) is 6.61 Å². The normalized spacial score (nSPS) is 16.7. The maximum absolute atomic E-state index is 12.2. The smallest absolute Gasteiger partial charge is 0.351 e. The van der Waals surface area contributed by atoms with Crippen LogP contribution in [0.25, 0.3) is 0 Å². The summed E-state index contributed by atoms with van der Waals surface area (Å²) in [6.45, 7) is 1.38. The number of esters is 1. The topological polar surface area (TPSA) is 134 Å². The number of hydrogen-bond donors (Lipinski definition) is 2. The fraction of sp³-hybridized carbons (Fsp3) is 0.222. The summed E-state index contributed by atoms with van der Waals surface area (Å²) >= 11 is 0. The standard InChI is InChI=1S/C18H18N2O7S/c1-11(17(21)20-12-6-8-13(9-7-12)28(19,23)24)26-18(22)16-10-25-14-4-2-3-5-15(14)27-16/h2-9,11,16H,10H2,1H3,(H,20,21)(H2,19,23,24)/t11-,16-/m0/s1. The maximum atomic E-state index is 12.2. The first-order valence-electron chi connectivity index (χ1n) is 8.27. The van der Waals surface area contributed by atoms with Crippen LogP contribution in [0.4, 0.5) is 5.69 Å². The van der Waals surface area contributed by atoms with Gasteiger partial charge >= 0.3 is 5.97 Å². The van der Waals surface area contributed by atoms with E-state index < -0.39 is 34.1 Å². The van der Waals surface area contributed by atoms with E-state index >= 15 is 0 Å². The van der Waals surface area contributed by atoms with E-state index in [1.54, 1.807) is 24.3 Å². The van der Waals surface area contributed by atoms with Gasteiger partial charge in [-0.15, -0.1) is 0 Å². The van der Waals surface area contributed by atoms with Crippen molar-refractivity contribution in [2.45, 2.75) is 24.0 Å². The monoisotopic (exact) mass is 406 g/mol. The van der Waals surface area contributed by atoms with Crippen molar-refractivity contribution in [1.29, 1.82) is 0 Å². The molecule has 1 heterocycles. The molecule has 2 aromatic rings. The minimum Gasteiger partial charge on any atom is -0.485 e. The van der Waals surface area contributed by atoms with Gasteiger partial charge in [0, 0.05) is 5.69 Å². The van der Waals surface area contributed by atoms with Crippen LogP contribution in [-0.4, -0.2) is 39.1 Å². The first-order chi connectivity index (χ1) is 13.2. The van der Waals surface area contributed by atoms with Crippen molar-refractivity contribution in [1.82, 2.24) is 0 Å². The number of anilines is 1. The zero-order valence-corrected chi connectivity index (χ0v) is 15.6. The molecule has 1 aliphatic heterocycles. The van der Waals surface area contributed by atoms with Crippen molar-refractivity contribution in [3.63, 3.8) is 0 Å². The Bertz CT molecular complexity index is 989. The van der Waals surface area contributed by atoms with Crippen LogP contribution < -0.4 is 19.9 Å². The lowest BCUT2D eigenvalue weighted by Crippen LogP contribution is -2.41. The third kappa shape index (κ3) is 4.59. The third-order valence-electron chi connectivity index (χ3n) is 3.88. The molecule has 10 heteroatoms. The molecule has 0 aliphatic carbocycles. The number of benzene rings is 2. The van der Waals surface area contributed by atoms with Crippen molar-refractivity contribution in [3.8, 4) is 11.5 Å². The summed E-state index contributed by atoms with van der Waals surface area (Å²) in [6.07, 6.45) is -2.09. The van der Waals surface area contributed by atoms with Gasteiger partial charge in [-0.25, -0.2) is 18.4 Å². The van der Waals surface area contributed by atoms with E-state index in [2.05, 4.69) is 5.32 Å². The summed E-state index contributed by atoms with van der Waals surface area (Å²) in [5.74, 6) is -0.376. The Morgan fingerprint density at radius 2 is 1.79 bits per heavy atom. The largest absolute Gasteiger partial charge is 0.485 e. The molecule has 3 N–H and O–H groups in total. The molecule has 0 saturated heterocycles. The second-order valence-electron chi connectivity index (χ2n) is 6.00. The fourth-order valence-corrected chi connectivity index (χ4v) is 2.93. The number of ether oxygens (including phenoxy) is 3. The van der Waals surface area contributed by atoms with Crippen LogP contribution in [0.1, 0.15) is 6.92 Å². The average molecular weight is 406 g/mol. The Hall–Kier alpha value is -3.11. The number of carbonyl (C=O) groups is 2. The predicted molar refractivity (Wildman–Crippen MR) is 98.4 cm³/mol. The quantitative estimate of drug-likeness (QED) is 0.709. The number of nitrogens with one attached hydrogen (secondary N) is 1. The SMILES string of the molecule is C[C@H](OC(=O)[C@@H]1COc2ccccc2O1)C(=O)Nc1ccc(S(N)(=O)=O)cc1. The molecule has 148 valence electrons. The minimum atomic E-state index is -3.82. The highest BCUT2D eigenvalue weighted by Crippen LogP contribution is 2.31. The van der Waals surface area contributed by atoms with Crippen LogP contribution in [0.3, 0.4) is 0 Å². The van der Waals surface area contributed by atoms with E-state index in [1.165, 1.54) is 31.2 Å². The summed E-state index contributed by atoms with van der Waals surface area (Å²) < 4.78 is 38.6. The molecular formula is C18H18N2O7S. The van der Waals surface area contributed by atoms with Gasteiger partial charge in [-0.2, -0.15) is 0 Å².